The van der Waals surface area contributed by atoms with Crippen LogP contribution >= 0.6 is 0 Å². The van der Waals surface area contributed by atoms with Crippen LogP contribution in [-0.4, -0.2) is 16.3 Å². The van der Waals surface area contributed by atoms with Gasteiger partial charge in [-0.15, -0.1) is 0 Å². The van der Waals surface area contributed by atoms with E-state index >= 15 is 0 Å². The molecule has 1 fully saturated rings. The van der Waals surface area contributed by atoms with Crippen molar-refractivity contribution in [2.45, 2.75) is 25.3 Å². The third-order valence-electron chi connectivity index (χ3n) is 5.77. The number of rotatable bonds is 6. The third-order valence-corrected chi connectivity index (χ3v) is 5.77. The monoisotopic (exact) mass is 393 g/mol. The van der Waals surface area contributed by atoms with E-state index in [0.29, 0.717) is 17.5 Å². The molecule has 0 bridgehead atoms. The topological polar surface area (TPSA) is 65.1 Å². The molecule has 1 heterocycles. The number of primary amides is 1. The summed E-state index contributed by atoms with van der Waals surface area (Å²) in [5.41, 5.74) is 11.1. The molecule has 0 aliphatic heterocycles. The SMILES string of the molecule is NC(=O)C(=O)c1c(C2CC2)n(Cc2ccccc2-c2ccccc2)c2ccc[c]c12. The predicted molar refractivity (Wildman–Crippen MR) is 117 cm³/mol. The molecule has 3 aromatic carbocycles. The molecule has 0 spiro atoms. The van der Waals surface area contributed by atoms with E-state index in [4.69, 9.17) is 5.73 Å². The summed E-state index contributed by atoms with van der Waals surface area (Å²) in [5.74, 6) is -1.27. The average molecular weight is 393 g/mol. The van der Waals surface area contributed by atoms with Crippen LogP contribution in [0.15, 0.2) is 72.8 Å². The Hall–Kier alpha value is -3.66. The van der Waals surface area contributed by atoms with Crippen LogP contribution < -0.4 is 5.73 Å². The van der Waals surface area contributed by atoms with Crippen LogP contribution in [0.4, 0.5) is 0 Å². The highest BCUT2D eigenvalue weighted by Crippen LogP contribution is 2.45. The van der Waals surface area contributed by atoms with Crippen molar-refractivity contribution >= 4 is 22.6 Å². The van der Waals surface area contributed by atoms with Crippen LogP contribution in [0.5, 0.6) is 0 Å². The highest BCUT2D eigenvalue weighted by Gasteiger charge is 2.35. The molecular formula is C26H21N2O2. The van der Waals surface area contributed by atoms with E-state index in [-0.39, 0.29) is 5.92 Å². The molecule has 30 heavy (non-hydrogen) atoms. The molecule has 1 aromatic heterocycles. The zero-order valence-electron chi connectivity index (χ0n) is 16.5. The second kappa shape index (κ2) is 7.30. The van der Waals surface area contributed by atoms with Gasteiger partial charge in [0.05, 0.1) is 5.56 Å². The predicted octanol–water partition coefficient (Wildman–Crippen LogP) is 4.70. The van der Waals surface area contributed by atoms with Crippen LogP contribution in [-0.2, 0) is 11.3 Å². The van der Waals surface area contributed by atoms with Gasteiger partial charge in [-0.2, -0.15) is 0 Å². The van der Waals surface area contributed by atoms with Crippen molar-refractivity contribution in [2.75, 3.05) is 0 Å². The molecule has 147 valence electrons. The second-order valence-electron chi connectivity index (χ2n) is 7.77. The van der Waals surface area contributed by atoms with E-state index < -0.39 is 11.7 Å². The van der Waals surface area contributed by atoms with Crippen LogP contribution in [0, 0.1) is 6.07 Å². The van der Waals surface area contributed by atoms with Gasteiger partial charge in [0.2, 0.25) is 0 Å². The number of carbonyl (C=O) groups is 2. The summed E-state index contributed by atoms with van der Waals surface area (Å²) in [5, 5.41) is 0.681. The Morgan fingerprint density at radius 2 is 1.70 bits per heavy atom. The van der Waals surface area contributed by atoms with Gasteiger partial charge in [0.15, 0.2) is 0 Å². The molecule has 2 N–H and O–H groups in total. The molecule has 4 aromatic rings. The molecule has 0 atom stereocenters. The first-order chi connectivity index (χ1) is 14.6. The van der Waals surface area contributed by atoms with Gasteiger partial charge in [-0.25, -0.2) is 0 Å². The molecule has 1 aliphatic rings. The van der Waals surface area contributed by atoms with E-state index in [1.807, 2.05) is 42.5 Å². The molecule has 0 unspecified atom stereocenters. The van der Waals surface area contributed by atoms with E-state index in [1.165, 1.54) is 0 Å². The summed E-state index contributed by atoms with van der Waals surface area (Å²) in [4.78, 5) is 24.6. The molecule has 1 saturated carbocycles. The Kier molecular flexibility index (Phi) is 4.47. The maximum absolute atomic E-state index is 12.8. The van der Waals surface area contributed by atoms with Crippen molar-refractivity contribution in [3.63, 3.8) is 0 Å². The second-order valence-corrected chi connectivity index (χ2v) is 7.77. The number of fused-ring (bicyclic) bond motifs is 1. The fourth-order valence-electron chi connectivity index (χ4n) is 4.28. The molecule has 0 saturated heterocycles. The molecular weight excluding hydrogens is 372 g/mol. The first-order valence-electron chi connectivity index (χ1n) is 10.2. The molecule has 1 amide bonds. The Balaban J connectivity index is 1.71. The number of carbonyl (C=O) groups excluding carboxylic acids is 2. The van der Waals surface area contributed by atoms with Gasteiger partial charge in [0.1, 0.15) is 0 Å². The van der Waals surface area contributed by atoms with Crippen molar-refractivity contribution in [1.82, 2.24) is 4.57 Å². The van der Waals surface area contributed by atoms with E-state index in [1.54, 1.807) is 6.07 Å². The number of nitrogens with two attached hydrogens (primary N) is 1. The van der Waals surface area contributed by atoms with Gasteiger partial charge in [0.25, 0.3) is 11.7 Å². The number of benzene rings is 3. The van der Waals surface area contributed by atoms with Gasteiger partial charge in [-0.1, -0.05) is 66.7 Å². The lowest BCUT2D eigenvalue weighted by atomic mass is 9.99. The summed E-state index contributed by atoms with van der Waals surface area (Å²) < 4.78 is 2.18. The van der Waals surface area contributed by atoms with Crippen LogP contribution in [0.25, 0.3) is 22.0 Å². The highest BCUT2D eigenvalue weighted by atomic mass is 16.2. The summed E-state index contributed by atoms with van der Waals surface area (Å²) in [7, 11) is 0. The Morgan fingerprint density at radius 3 is 2.43 bits per heavy atom. The number of ketones is 1. The Morgan fingerprint density at radius 1 is 0.967 bits per heavy atom. The van der Waals surface area contributed by atoms with Crippen molar-refractivity contribution in [3.8, 4) is 11.1 Å². The smallest absolute Gasteiger partial charge is 0.289 e. The molecule has 5 rings (SSSR count). The fraction of sp³-hybridized carbons (Fsp3) is 0.154. The van der Waals surface area contributed by atoms with Gasteiger partial charge in [0, 0.05) is 29.1 Å². The van der Waals surface area contributed by atoms with E-state index in [0.717, 1.165) is 40.7 Å². The van der Waals surface area contributed by atoms with Gasteiger partial charge >= 0.3 is 0 Å². The lowest BCUT2D eigenvalue weighted by molar-refractivity contribution is -0.114. The van der Waals surface area contributed by atoms with Gasteiger partial charge in [-0.05, 0) is 41.7 Å². The standard InChI is InChI=1S/C26H21N2O2/c27-26(30)25(29)23-21-12-6-7-13-22(21)28(24(23)18-14-15-18)16-19-10-4-5-11-20(19)17-8-2-1-3-9-17/h1-11,13,18H,14-16H2,(H2,27,30). The van der Waals surface area contributed by atoms with Crippen molar-refractivity contribution in [1.29, 1.82) is 0 Å². The average Bonchev–Trinajstić information content (AvgIpc) is 3.57. The summed E-state index contributed by atoms with van der Waals surface area (Å²) >= 11 is 0. The minimum atomic E-state index is -0.919. The van der Waals surface area contributed by atoms with Crippen molar-refractivity contribution in [3.05, 3.63) is 95.7 Å². The zero-order chi connectivity index (χ0) is 20.7. The lowest BCUT2D eigenvalue weighted by Gasteiger charge is -2.15. The quantitative estimate of drug-likeness (QED) is 0.381. The molecule has 1 radical (unpaired) electrons. The minimum absolute atomic E-state index is 0.271. The minimum Gasteiger partial charge on any atom is -0.363 e. The molecule has 4 heteroatoms. The largest absolute Gasteiger partial charge is 0.363 e. The first-order valence-corrected chi connectivity index (χ1v) is 10.2. The van der Waals surface area contributed by atoms with Gasteiger partial charge < -0.3 is 10.3 Å². The van der Waals surface area contributed by atoms with Crippen molar-refractivity contribution in [2.24, 2.45) is 5.73 Å². The summed E-state index contributed by atoms with van der Waals surface area (Å²) in [6, 6.07) is 27.4. The number of nitrogens with zero attached hydrogens (tertiary/aromatic N) is 1. The maximum atomic E-state index is 12.8. The number of hydrogen-bond donors (Lipinski definition) is 1. The van der Waals surface area contributed by atoms with Gasteiger partial charge in [-0.3, -0.25) is 9.59 Å². The number of Topliss-reactive ketones (excluding diaryl/α,β-unsaturated/α-hetero) is 1. The number of aromatic nitrogens is 1. The Labute approximate surface area is 174 Å². The number of hydrogen-bond acceptors (Lipinski definition) is 2. The van der Waals surface area contributed by atoms with Crippen LogP contribution in [0.2, 0.25) is 0 Å². The summed E-state index contributed by atoms with van der Waals surface area (Å²) in [6.45, 7) is 0.608. The van der Waals surface area contributed by atoms with E-state index in [9.17, 15) is 9.59 Å². The fourth-order valence-corrected chi connectivity index (χ4v) is 4.28. The highest BCUT2D eigenvalue weighted by molar-refractivity contribution is 6.45. The lowest BCUT2D eigenvalue weighted by Crippen LogP contribution is -2.24. The number of amides is 1. The normalized spacial score (nSPS) is 13.5. The Bertz CT molecular complexity index is 1270. The first kappa shape index (κ1) is 18.4. The molecule has 1 aliphatic carbocycles. The van der Waals surface area contributed by atoms with Crippen LogP contribution in [0.1, 0.15) is 40.4 Å². The third kappa shape index (κ3) is 3.11. The van der Waals surface area contributed by atoms with E-state index in [2.05, 4.69) is 34.9 Å². The van der Waals surface area contributed by atoms with Crippen molar-refractivity contribution < 1.29 is 9.59 Å². The van der Waals surface area contributed by atoms with Crippen LogP contribution in [0.3, 0.4) is 0 Å². The summed E-state index contributed by atoms with van der Waals surface area (Å²) in [6.07, 6.45) is 2.02. The zero-order valence-corrected chi connectivity index (χ0v) is 16.5. The maximum Gasteiger partial charge on any atom is 0.289 e. The molecule has 4 nitrogen and oxygen atoms in total.